The molecule has 42 heavy (non-hydrogen) atoms. The lowest BCUT2D eigenvalue weighted by molar-refractivity contribution is 0.371. The summed E-state index contributed by atoms with van der Waals surface area (Å²) in [6.07, 6.45) is 10.4. The molecule has 2 saturated carbocycles. The summed E-state index contributed by atoms with van der Waals surface area (Å²) in [6, 6.07) is 16.1. The Bertz CT molecular complexity index is 1850. The number of anilines is 2. The van der Waals surface area contributed by atoms with E-state index in [1.807, 2.05) is 36.5 Å². The van der Waals surface area contributed by atoms with Crippen LogP contribution >= 0.6 is 11.6 Å². The fourth-order valence-corrected chi connectivity index (χ4v) is 6.30. The molecule has 2 N–H and O–H groups in total. The predicted molar refractivity (Wildman–Crippen MR) is 167 cm³/mol. The van der Waals surface area contributed by atoms with Gasteiger partial charge in [-0.05, 0) is 66.8 Å². The van der Waals surface area contributed by atoms with Gasteiger partial charge in [-0.2, -0.15) is 5.26 Å². The Morgan fingerprint density at radius 2 is 1.95 bits per heavy atom. The van der Waals surface area contributed by atoms with Gasteiger partial charge in [-0.25, -0.2) is 4.68 Å². The molecule has 0 unspecified atom stereocenters. The van der Waals surface area contributed by atoms with Gasteiger partial charge in [0.05, 0.1) is 45.1 Å². The molecular formula is C33H33ClN8. The molecule has 2 fully saturated rings. The Morgan fingerprint density at radius 3 is 2.69 bits per heavy atom. The summed E-state index contributed by atoms with van der Waals surface area (Å²) in [5, 5.41) is 28.9. The lowest BCUT2D eigenvalue weighted by Gasteiger charge is -2.23. The highest BCUT2D eigenvalue weighted by Crippen LogP contribution is 2.59. The minimum absolute atomic E-state index is 0.0146. The van der Waals surface area contributed by atoms with Gasteiger partial charge in [0.2, 0.25) is 0 Å². The van der Waals surface area contributed by atoms with E-state index in [2.05, 4.69) is 75.7 Å². The second kappa shape index (κ2) is 9.95. The van der Waals surface area contributed by atoms with Crippen LogP contribution in [-0.2, 0) is 5.54 Å². The predicted octanol–water partition coefficient (Wildman–Crippen LogP) is 7.46. The van der Waals surface area contributed by atoms with E-state index in [-0.39, 0.29) is 17.0 Å². The first kappa shape index (κ1) is 26.7. The zero-order chi connectivity index (χ0) is 29.1. The molecule has 2 aliphatic carbocycles. The average Bonchev–Trinajstić information content (AvgIpc) is 3.91. The minimum Gasteiger partial charge on any atom is -0.383 e. The Labute approximate surface area is 250 Å². The van der Waals surface area contributed by atoms with Crippen LogP contribution in [0.4, 0.5) is 11.4 Å². The normalized spacial score (nSPS) is 16.7. The molecule has 0 saturated heterocycles. The number of nitriles is 1. The molecule has 2 aliphatic rings. The van der Waals surface area contributed by atoms with E-state index in [1.165, 1.54) is 12.8 Å². The van der Waals surface area contributed by atoms with Crippen LogP contribution in [0.2, 0.25) is 5.02 Å². The molecule has 2 aromatic carbocycles. The molecular weight excluding hydrogens is 544 g/mol. The van der Waals surface area contributed by atoms with Gasteiger partial charge in [-0.3, -0.25) is 9.97 Å². The molecule has 3 aromatic heterocycles. The number of rotatable bonds is 8. The van der Waals surface area contributed by atoms with Crippen molar-refractivity contribution in [1.29, 1.82) is 5.26 Å². The standard InChI is InChI=1S/C33H33ClN8/c1-32(2,3)19-38-29-20(16-35)17-37-30-25(29)14-22(15-26(30)34)39-31(24-6-4-8-27-23(24)7-5-13-36-27)28-18-42(41-40-28)33(11-12-33)21-9-10-21/h4-8,13-15,17-18,21,31,39H,9-12,19H2,1-3H3,(H,37,38)/t31-/m0/s1. The SMILES string of the molecule is CC(C)(C)CNc1c(C#N)cnc2c(Cl)cc(N[C@H](c3cn(C4(C5CC5)CC4)nn3)c3cccc4ncccc34)cc12. The maximum atomic E-state index is 9.90. The Balaban J connectivity index is 1.34. The van der Waals surface area contributed by atoms with Crippen molar-refractivity contribution >= 4 is 44.8 Å². The van der Waals surface area contributed by atoms with E-state index in [0.717, 1.165) is 51.8 Å². The van der Waals surface area contributed by atoms with Crippen LogP contribution in [-0.4, -0.2) is 31.5 Å². The van der Waals surface area contributed by atoms with Crippen LogP contribution in [0.5, 0.6) is 0 Å². The fraction of sp³-hybridized carbons (Fsp3) is 0.364. The van der Waals surface area contributed by atoms with E-state index in [4.69, 9.17) is 16.7 Å². The van der Waals surface area contributed by atoms with Crippen molar-refractivity contribution in [3.05, 3.63) is 82.9 Å². The number of fused-ring (bicyclic) bond motifs is 2. The second-order valence-electron chi connectivity index (χ2n) is 12.9. The summed E-state index contributed by atoms with van der Waals surface area (Å²) < 4.78 is 2.11. The highest BCUT2D eigenvalue weighted by atomic mass is 35.5. The zero-order valence-corrected chi connectivity index (χ0v) is 24.8. The number of benzene rings is 2. The van der Waals surface area contributed by atoms with Crippen molar-refractivity contribution in [2.24, 2.45) is 11.3 Å². The number of halogens is 1. The van der Waals surface area contributed by atoms with Crippen molar-refractivity contribution in [2.45, 2.75) is 58.0 Å². The van der Waals surface area contributed by atoms with Gasteiger partial charge >= 0.3 is 0 Å². The Morgan fingerprint density at radius 1 is 1.12 bits per heavy atom. The van der Waals surface area contributed by atoms with E-state index in [1.54, 1.807) is 6.20 Å². The van der Waals surface area contributed by atoms with Crippen LogP contribution in [0.1, 0.15) is 69.3 Å². The molecule has 0 aliphatic heterocycles. The number of pyridine rings is 2. The van der Waals surface area contributed by atoms with Crippen molar-refractivity contribution in [3.8, 4) is 6.07 Å². The topological polar surface area (TPSA) is 104 Å². The molecule has 0 radical (unpaired) electrons. The summed E-state index contributed by atoms with van der Waals surface area (Å²) in [5.74, 6) is 0.709. The second-order valence-corrected chi connectivity index (χ2v) is 13.3. The Hall–Kier alpha value is -4.22. The van der Waals surface area contributed by atoms with Gasteiger partial charge in [0.15, 0.2) is 0 Å². The van der Waals surface area contributed by atoms with Crippen LogP contribution in [0.25, 0.3) is 21.8 Å². The van der Waals surface area contributed by atoms with Crippen LogP contribution < -0.4 is 10.6 Å². The van der Waals surface area contributed by atoms with E-state index in [0.29, 0.717) is 28.6 Å². The highest BCUT2D eigenvalue weighted by Gasteiger charge is 2.56. The first-order valence-corrected chi connectivity index (χ1v) is 14.9. The molecule has 3 heterocycles. The third-order valence-electron chi connectivity index (χ3n) is 8.50. The summed E-state index contributed by atoms with van der Waals surface area (Å²) in [6.45, 7) is 7.15. The first-order chi connectivity index (χ1) is 20.3. The highest BCUT2D eigenvalue weighted by molar-refractivity contribution is 6.35. The van der Waals surface area contributed by atoms with Crippen molar-refractivity contribution in [1.82, 2.24) is 25.0 Å². The van der Waals surface area contributed by atoms with Gasteiger partial charge in [-0.15, -0.1) is 5.10 Å². The molecule has 0 spiro atoms. The quantitative estimate of drug-likeness (QED) is 0.197. The molecule has 8 nitrogen and oxygen atoms in total. The number of nitrogens with zero attached hydrogens (tertiary/aromatic N) is 6. The van der Waals surface area contributed by atoms with Crippen LogP contribution in [0.15, 0.2) is 61.1 Å². The zero-order valence-electron chi connectivity index (χ0n) is 24.0. The fourth-order valence-electron chi connectivity index (χ4n) is 6.03. The maximum Gasteiger partial charge on any atom is 0.110 e. The largest absolute Gasteiger partial charge is 0.383 e. The van der Waals surface area contributed by atoms with Gasteiger partial charge < -0.3 is 10.6 Å². The molecule has 7 rings (SSSR count). The van der Waals surface area contributed by atoms with E-state index in [9.17, 15) is 5.26 Å². The molecule has 5 aromatic rings. The molecule has 1 atom stereocenters. The minimum atomic E-state index is -0.312. The van der Waals surface area contributed by atoms with Crippen molar-refractivity contribution < 1.29 is 0 Å². The summed E-state index contributed by atoms with van der Waals surface area (Å²) in [7, 11) is 0. The van der Waals surface area contributed by atoms with E-state index < -0.39 is 0 Å². The molecule has 0 amide bonds. The lowest BCUT2D eigenvalue weighted by atomic mass is 9.96. The average molecular weight is 577 g/mol. The Kier molecular flexibility index (Phi) is 6.32. The smallest absolute Gasteiger partial charge is 0.110 e. The van der Waals surface area contributed by atoms with Crippen molar-refractivity contribution in [2.75, 3.05) is 17.2 Å². The maximum absolute atomic E-state index is 9.90. The van der Waals surface area contributed by atoms with Gasteiger partial charge in [0.25, 0.3) is 0 Å². The molecule has 0 bridgehead atoms. The van der Waals surface area contributed by atoms with E-state index >= 15 is 0 Å². The molecule has 9 heteroatoms. The van der Waals surface area contributed by atoms with Gasteiger partial charge in [-0.1, -0.05) is 55.8 Å². The number of aromatic nitrogens is 5. The summed E-state index contributed by atoms with van der Waals surface area (Å²) >= 11 is 6.85. The summed E-state index contributed by atoms with van der Waals surface area (Å²) in [4.78, 5) is 9.14. The molecule has 212 valence electrons. The van der Waals surface area contributed by atoms with Gasteiger partial charge in [0, 0.05) is 35.4 Å². The van der Waals surface area contributed by atoms with Crippen LogP contribution in [0.3, 0.4) is 0 Å². The number of hydrogen-bond donors (Lipinski definition) is 2. The van der Waals surface area contributed by atoms with Gasteiger partial charge in [0.1, 0.15) is 11.8 Å². The lowest BCUT2D eigenvalue weighted by Crippen LogP contribution is -2.20. The third-order valence-corrected chi connectivity index (χ3v) is 8.79. The monoisotopic (exact) mass is 576 g/mol. The number of nitrogens with one attached hydrogen (secondary N) is 2. The van der Waals surface area contributed by atoms with Crippen molar-refractivity contribution in [3.63, 3.8) is 0 Å². The number of hydrogen-bond acceptors (Lipinski definition) is 7. The summed E-state index contributed by atoms with van der Waals surface area (Å²) in [5.41, 5.74) is 5.62. The first-order valence-electron chi connectivity index (χ1n) is 14.5. The van der Waals surface area contributed by atoms with Crippen LogP contribution in [0, 0.1) is 22.7 Å². The third kappa shape index (κ3) is 4.82.